The van der Waals surface area contributed by atoms with Crippen LogP contribution in [0.3, 0.4) is 0 Å². The third-order valence-corrected chi connectivity index (χ3v) is 8.35. The van der Waals surface area contributed by atoms with Crippen molar-refractivity contribution in [1.82, 2.24) is 14.0 Å². The molecule has 0 fully saturated rings. The van der Waals surface area contributed by atoms with Gasteiger partial charge in [-0.1, -0.05) is 66.7 Å². The number of rotatable bonds is 3. The van der Waals surface area contributed by atoms with Crippen LogP contribution in [0.4, 0.5) is 5.69 Å². The summed E-state index contributed by atoms with van der Waals surface area (Å²) in [6, 6.07) is 43.8. The van der Waals surface area contributed by atoms with Crippen LogP contribution in [0.1, 0.15) is 0 Å². The van der Waals surface area contributed by atoms with E-state index in [1.165, 1.54) is 0 Å². The summed E-state index contributed by atoms with van der Waals surface area (Å²) in [6.45, 7) is 7.57. The van der Waals surface area contributed by atoms with E-state index in [2.05, 4.69) is 88.4 Å². The van der Waals surface area contributed by atoms with Crippen LogP contribution in [0.5, 0.6) is 0 Å². The number of hydrogen-bond donors (Lipinski definition) is 0. The van der Waals surface area contributed by atoms with Crippen molar-refractivity contribution in [2.45, 2.75) is 0 Å². The van der Waals surface area contributed by atoms with Gasteiger partial charge in [0.05, 0.1) is 12.1 Å². The van der Waals surface area contributed by atoms with Gasteiger partial charge >= 0.3 is 0 Å². The average molecular weight is 551 g/mol. The van der Waals surface area contributed by atoms with Crippen LogP contribution in [0.15, 0.2) is 138 Å². The van der Waals surface area contributed by atoms with Crippen molar-refractivity contribution in [3.05, 3.63) is 145 Å². The first-order chi connectivity index (χ1) is 21.2. The van der Waals surface area contributed by atoms with E-state index in [9.17, 15) is 0 Å². The van der Waals surface area contributed by atoms with Gasteiger partial charge in [-0.15, -0.1) is 0 Å². The monoisotopic (exact) mass is 550 g/mol. The smallest absolute Gasteiger partial charge is 0.232 e. The lowest BCUT2D eigenvalue weighted by molar-refractivity contribution is 0.649. The third-order valence-electron chi connectivity index (χ3n) is 8.35. The van der Waals surface area contributed by atoms with E-state index in [4.69, 9.17) is 16.0 Å². The van der Waals surface area contributed by atoms with Crippen LogP contribution in [0, 0.1) is 6.57 Å². The molecule has 4 aromatic heterocycles. The van der Waals surface area contributed by atoms with Crippen LogP contribution in [0.2, 0.25) is 0 Å². The predicted octanol–water partition coefficient (Wildman–Crippen LogP) is 10.2. The van der Waals surface area contributed by atoms with Crippen molar-refractivity contribution < 1.29 is 4.42 Å². The molecular weight excluding hydrogens is 528 g/mol. The molecule has 0 atom stereocenters. The lowest BCUT2D eigenvalue weighted by Gasteiger charge is -2.09. The van der Waals surface area contributed by atoms with Gasteiger partial charge in [0.15, 0.2) is 5.69 Å². The first-order valence-electron chi connectivity index (χ1n) is 14.2. The summed E-state index contributed by atoms with van der Waals surface area (Å²) in [7, 11) is 0. The third kappa shape index (κ3) is 3.54. The Morgan fingerprint density at radius 1 is 0.605 bits per heavy atom. The molecular formula is C38H22N4O. The molecule has 0 aliphatic heterocycles. The van der Waals surface area contributed by atoms with Crippen molar-refractivity contribution in [2.24, 2.45) is 0 Å². The Morgan fingerprint density at radius 2 is 1.40 bits per heavy atom. The normalized spacial score (nSPS) is 11.7. The Balaban J connectivity index is 1.19. The van der Waals surface area contributed by atoms with Crippen LogP contribution in [-0.4, -0.2) is 14.0 Å². The van der Waals surface area contributed by atoms with E-state index in [-0.39, 0.29) is 0 Å². The molecule has 5 nitrogen and oxygen atoms in total. The number of aromatic nitrogens is 3. The maximum atomic E-state index is 7.57. The number of benzene rings is 5. The Labute approximate surface area is 246 Å². The van der Waals surface area contributed by atoms with Gasteiger partial charge in [0.2, 0.25) is 5.71 Å². The Morgan fingerprint density at radius 3 is 2.28 bits per heavy atom. The highest BCUT2D eigenvalue weighted by Crippen LogP contribution is 2.37. The molecule has 9 aromatic rings. The van der Waals surface area contributed by atoms with Gasteiger partial charge in [-0.3, -0.25) is 4.40 Å². The summed E-state index contributed by atoms with van der Waals surface area (Å²) in [4.78, 5) is 8.54. The number of hydrogen-bond acceptors (Lipinski definition) is 2. The van der Waals surface area contributed by atoms with Crippen molar-refractivity contribution in [3.8, 4) is 27.9 Å². The van der Waals surface area contributed by atoms with Gasteiger partial charge in [-0.2, -0.15) is 0 Å². The molecule has 200 valence electrons. The molecule has 0 radical (unpaired) electrons. The summed E-state index contributed by atoms with van der Waals surface area (Å²) >= 11 is 0. The maximum Gasteiger partial charge on any atom is 0.232 e. The number of pyridine rings is 1. The van der Waals surface area contributed by atoms with Crippen LogP contribution >= 0.6 is 0 Å². The van der Waals surface area contributed by atoms with E-state index in [0.717, 1.165) is 77.6 Å². The molecule has 0 bridgehead atoms. The summed E-state index contributed by atoms with van der Waals surface area (Å²) in [5.41, 5.74) is 11.7. The molecule has 0 saturated carbocycles. The van der Waals surface area contributed by atoms with Crippen molar-refractivity contribution in [3.63, 3.8) is 0 Å². The first kappa shape index (κ1) is 23.6. The fraction of sp³-hybridized carbons (Fsp3) is 0. The lowest BCUT2D eigenvalue weighted by atomic mass is 9.98. The van der Waals surface area contributed by atoms with Gasteiger partial charge in [-0.05, 0) is 82.9 Å². The van der Waals surface area contributed by atoms with E-state index in [0.29, 0.717) is 5.69 Å². The Kier molecular flexibility index (Phi) is 4.90. The van der Waals surface area contributed by atoms with Crippen LogP contribution in [0.25, 0.3) is 82.4 Å². The minimum Gasteiger partial charge on any atom is -0.437 e. The fourth-order valence-corrected chi connectivity index (χ4v) is 6.31. The van der Waals surface area contributed by atoms with E-state index in [1.807, 2.05) is 59.0 Å². The number of furan rings is 1. The molecule has 0 N–H and O–H groups in total. The number of nitrogens with zero attached hydrogens (tertiary/aromatic N) is 4. The minimum atomic E-state index is 0.634. The number of para-hydroxylation sites is 2. The molecule has 4 heterocycles. The van der Waals surface area contributed by atoms with Gasteiger partial charge in [0.1, 0.15) is 16.7 Å². The molecule has 0 spiro atoms. The standard InChI is InChI=1S/C38H22N4O/c1-39-28-16-17-30-32-21-26(14-18-33(32)42(34(30)22-28)29-10-3-2-4-11-29)24-8-7-9-25(20-24)27-15-19-36-40-37-31-12-5-6-13-35(31)43-38(37)41(36)23-27/h2-23H. The second kappa shape index (κ2) is 8.94. The summed E-state index contributed by atoms with van der Waals surface area (Å²) in [5.74, 6) is 0. The summed E-state index contributed by atoms with van der Waals surface area (Å²) in [6.07, 6.45) is 2.11. The van der Waals surface area contributed by atoms with E-state index in [1.54, 1.807) is 0 Å². The number of fused-ring (bicyclic) bond motifs is 8. The highest BCUT2D eigenvalue weighted by atomic mass is 16.3. The minimum absolute atomic E-state index is 0.634. The summed E-state index contributed by atoms with van der Waals surface area (Å²) in [5, 5.41) is 3.31. The summed E-state index contributed by atoms with van der Waals surface area (Å²) < 4.78 is 10.5. The highest BCUT2D eigenvalue weighted by molar-refractivity contribution is 6.11. The SMILES string of the molecule is [C-]#[N+]c1ccc2c3cc(-c4cccc(-c5ccc6nc7c8ccccc8oc7n6c5)c4)ccc3n(-c3ccccc3)c2c1. The van der Waals surface area contributed by atoms with E-state index < -0.39 is 0 Å². The highest BCUT2D eigenvalue weighted by Gasteiger charge is 2.16. The molecule has 0 unspecified atom stereocenters. The zero-order chi connectivity index (χ0) is 28.5. The zero-order valence-corrected chi connectivity index (χ0v) is 22.9. The molecule has 5 aromatic carbocycles. The van der Waals surface area contributed by atoms with Gasteiger partial charge < -0.3 is 8.98 Å². The van der Waals surface area contributed by atoms with Gasteiger partial charge in [-0.25, -0.2) is 9.83 Å². The number of imidazole rings is 1. The van der Waals surface area contributed by atoms with Crippen molar-refractivity contribution >= 4 is 55.3 Å². The Bertz CT molecular complexity index is 2580. The molecule has 0 saturated heterocycles. The largest absolute Gasteiger partial charge is 0.437 e. The molecule has 5 heteroatoms. The maximum absolute atomic E-state index is 7.57. The molecule has 0 aliphatic carbocycles. The first-order valence-corrected chi connectivity index (χ1v) is 14.2. The van der Waals surface area contributed by atoms with Crippen molar-refractivity contribution in [2.75, 3.05) is 0 Å². The topological polar surface area (TPSA) is 39.7 Å². The van der Waals surface area contributed by atoms with Crippen LogP contribution in [-0.2, 0) is 0 Å². The predicted molar refractivity (Wildman–Crippen MR) is 174 cm³/mol. The molecule has 43 heavy (non-hydrogen) atoms. The van der Waals surface area contributed by atoms with Gasteiger partial charge in [0.25, 0.3) is 0 Å². The van der Waals surface area contributed by atoms with Gasteiger partial charge in [0, 0.05) is 33.6 Å². The average Bonchev–Trinajstić information content (AvgIpc) is 3.72. The fourth-order valence-electron chi connectivity index (χ4n) is 6.31. The quantitative estimate of drug-likeness (QED) is 0.205. The van der Waals surface area contributed by atoms with Crippen LogP contribution < -0.4 is 0 Å². The van der Waals surface area contributed by atoms with E-state index >= 15 is 0 Å². The lowest BCUT2D eigenvalue weighted by Crippen LogP contribution is -1.93. The molecule has 0 amide bonds. The molecule has 0 aliphatic rings. The second-order valence-corrected chi connectivity index (χ2v) is 10.8. The van der Waals surface area contributed by atoms with Crippen molar-refractivity contribution in [1.29, 1.82) is 0 Å². The molecule has 9 rings (SSSR count). The zero-order valence-electron chi connectivity index (χ0n) is 22.9. The second-order valence-electron chi connectivity index (χ2n) is 10.8. The Hall–Kier alpha value is -6.12.